The Bertz CT molecular complexity index is 293. The second-order valence-corrected chi connectivity index (χ2v) is 5.07. The van der Waals surface area contributed by atoms with Crippen molar-refractivity contribution in [2.45, 2.75) is 46.6 Å². The van der Waals surface area contributed by atoms with E-state index in [0.29, 0.717) is 19.1 Å². The third kappa shape index (κ3) is 9.47. The highest BCUT2D eigenvalue weighted by Gasteiger charge is 2.15. The molecule has 0 aromatic carbocycles. The van der Waals surface area contributed by atoms with Gasteiger partial charge in [-0.15, -0.1) is 0 Å². The lowest BCUT2D eigenvalue weighted by molar-refractivity contribution is 0.146. The number of nitrogens with one attached hydrogen (secondary N) is 3. The van der Waals surface area contributed by atoms with Gasteiger partial charge in [-0.1, -0.05) is 20.8 Å². The largest absolute Gasteiger partial charge is 0.450 e. The predicted octanol–water partition coefficient (Wildman–Crippen LogP) is 1.72. The normalized spacial score (nSPS) is 13.0. The Kier molecular flexibility index (Phi) is 10.5. The van der Waals surface area contributed by atoms with Gasteiger partial charge in [-0.2, -0.15) is 0 Å². The number of carbonyl (C=O) groups excluding carboxylic acids is 1. The van der Waals surface area contributed by atoms with Gasteiger partial charge in [0.15, 0.2) is 5.96 Å². The highest BCUT2D eigenvalue weighted by molar-refractivity contribution is 5.79. The van der Waals surface area contributed by atoms with Crippen molar-refractivity contribution >= 4 is 12.1 Å². The molecule has 0 aromatic heterocycles. The van der Waals surface area contributed by atoms with Crippen molar-refractivity contribution in [2.75, 3.05) is 26.7 Å². The van der Waals surface area contributed by atoms with Crippen LogP contribution in [0, 0.1) is 5.92 Å². The SMILES string of the molecule is CCCNC(=NC)NCC(CC(C)C)NC(=O)OCC. The fourth-order valence-corrected chi connectivity index (χ4v) is 1.79. The molecule has 0 aliphatic rings. The van der Waals surface area contributed by atoms with E-state index in [0.717, 1.165) is 25.3 Å². The van der Waals surface area contributed by atoms with Crippen molar-refractivity contribution in [2.24, 2.45) is 10.9 Å². The van der Waals surface area contributed by atoms with Crippen LogP contribution in [0.3, 0.4) is 0 Å². The first-order valence-electron chi connectivity index (χ1n) is 7.41. The molecule has 1 atom stereocenters. The van der Waals surface area contributed by atoms with Crippen LogP contribution in [0.15, 0.2) is 4.99 Å². The molecular formula is C14H30N4O2. The number of ether oxygens (including phenoxy) is 1. The van der Waals surface area contributed by atoms with Crippen molar-refractivity contribution in [1.29, 1.82) is 0 Å². The third-order valence-electron chi connectivity index (χ3n) is 2.64. The highest BCUT2D eigenvalue weighted by atomic mass is 16.5. The summed E-state index contributed by atoms with van der Waals surface area (Å²) in [6, 6.07) is 0.0224. The zero-order chi connectivity index (χ0) is 15.4. The number of hydrogen-bond donors (Lipinski definition) is 3. The first-order chi connectivity index (χ1) is 9.53. The zero-order valence-corrected chi connectivity index (χ0v) is 13.5. The monoisotopic (exact) mass is 286 g/mol. The van der Waals surface area contributed by atoms with Crippen LogP contribution in [0.4, 0.5) is 4.79 Å². The Balaban J connectivity index is 4.30. The summed E-state index contributed by atoms with van der Waals surface area (Å²) >= 11 is 0. The molecule has 6 heteroatoms. The zero-order valence-electron chi connectivity index (χ0n) is 13.5. The van der Waals surface area contributed by atoms with Gasteiger partial charge < -0.3 is 20.7 Å². The molecule has 0 fully saturated rings. The van der Waals surface area contributed by atoms with Crippen molar-refractivity contribution in [3.8, 4) is 0 Å². The summed E-state index contributed by atoms with van der Waals surface area (Å²) in [5, 5.41) is 9.31. The van der Waals surface area contributed by atoms with E-state index in [2.05, 4.69) is 41.7 Å². The van der Waals surface area contributed by atoms with E-state index in [-0.39, 0.29) is 12.1 Å². The molecule has 20 heavy (non-hydrogen) atoms. The topological polar surface area (TPSA) is 74.8 Å². The number of guanidine groups is 1. The molecule has 3 N–H and O–H groups in total. The van der Waals surface area contributed by atoms with Gasteiger partial charge in [0, 0.05) is 26.2 Å². The lowest BCUT2D eigenvalue weighted by Crippen LogP contribution is -2.47. The van der Waals surface area contributed by atoms with E-state index in [4.69, 9.17) is 4.74 Å². The molecule has 0 heterocycles. The fraction of sp³-hybridized carbons (Fsp3) is 0.857. The van der Waals surface area contributed by atoms with Crippen LogP contribution in [0.25, 0.3) is 0 Å². The molecule has 0 radical (unpaired) electrons. The number of carbonyl (C=O) groups is 1. The second kappa shape index (κ2) is 11.4. The summed E-state index contributed by atoms with van der Waals surface area (Å²) in [5.41, 5.74) is 0. The van der Waals surface area contributed by atoms with Gasteiger partial charge in [0.05, 0.1) is 6.61 Å². The van der Waals surface area contributed by atoms with E-state index < -0.39 is 0 Å². The molecule has 0 aromatic rings. The van der Waals surface area contributed by atoms with Crippen molar-refractivity contribution in [1.82, 2.24) is 16.0 Å². The predicted molar refractivity (Wildman–Crippen MR) is 83.1 cm³/mol. The van der Waals surface area contributed by atoms with Crippen LogP contribution < -0.4 is 16.0 Å². The summed E-state index contributed by atoms with van der Waals surface area (Å²) in [6.45, 7) is 10.0. The minimum Gasteiger partial charge on any atom is -0.450 e. The maximum Gasteiger partial charge on any atom is 0.407 e. The molecule has 6 nitrogen and oxygen atoms in total. The number of amides is 1. The average molecular weight is 286 g/mol. The molecule has 1 amide bonds. The summed E-state index contributed by atoms with van der Waals surface area (Å²) in [6.07, 6.45) is 1.56. The van der Waals surface area contributed by atoms with Gasteiger partial charge >= 0.3 is 6.09 Å². The van der Waals surface area contributed by atoms with E-state index in [1.54, 1.807) is 14.0 Å². The Morgan fingerprint density at radius 3 is 2.45 bits per heavy atom. The number of alkyl carbamates (subject to hydrolysis) is 1. The molecule has 0 saturated carbocycles. The average Bonchev–Trinajstić information content (AvgIpc) is 2.38. The second-order valence-electron chi connectivity index (χ2n) is 5.07. The van der Waals surface area contributed by atoms with Crippen LogP contribution in [-0.2, 0) is 4.74 Å². The highest BCUT2D eigenvalue weighted by Crippen LogP contribution is 2.04. The quantitative estimate of drug-likeness (QED) is 0.469. The van der Waals surface area contributed by atoms with Crippen LogP contribution in [-0.4, -0.2) is 44.8 Å². The minimum atomic E-state index is -0.364. The smallest absolute Gasteiger partial charge is 0.407 e. The van der Waals surface area contributed by atoms with E-state index in [1.807, 2.05) is 0 Å². The van der Waals surface area contributed by atoms with Crippen LogP contribution in [0.5, 0.6) is 0 Å². The van der Waals surface area contributed by atoms with Crippen molar-refractivity contribution in [3.05, 3.63) is 0 Å². The maximum absolute atomic E-state index is 11.5. The Labute approximate surface area is 122 Å². The summed E-state index contributed by atoms with van der Waals surface area (Å²) in [4.78, 5) is 15.7. The molecular weight excluding hydrogens is 256 g/mol. The number of aliphatic imine (C=N–C) groups is 1. The van der Waals surface area contributed by atoms with Gasteiger partial charge in [-0.3, -0.25) is 4.99 Å². The lowest BCUT2D eigenvalue weighted by atomic mass is 10.0. The molecule has 0 saturated heterocycles. The van der Waals surface area contributed by atoms with Crippen LogP contribution in [0.2, 0.25) is 0 Å². The molecule has 0 aliphatic carbocycles. The van der Waals surface area contributed by atoms with Gasteiger partial charge in [-0.25, -0.2) is 4.79 Å². The maximum atomic E-state index is 11.5. The molecule has 0 rings (SSSR count). The molecule has 1 unspecified atom stereocenters. The van der Waals surface area contributed by atoms with Crippen LogP contribution >= 0.6 is 0 Å². The molecule has 0 bridgehead atoms. The first kappa shape index (κ1) is 18.5. The van der Waals surface area contributed by atoms with Crippen LogP contribution in [0.1, 0.15) is 40.5 Å². The van der Waals surface area contributed by atoms with E-state index in [9.17, 15) is 4.79 Å². The van der Waals surface area contributed by atoms with Gasteiger partial charge in [0.2, 0.25) is 0 Å². The number of rotatable bonds is 8. The Hall–Kier alpha value is -1.46. The Morgan fingerprint density at radius 1 is 1.25 bits per heavy atom. The summed E-state index contributed by atoms with van der Waals surface area (Å²) in [7, 11) is 1.74. The fourth-order valence-electron chi connectivity index (χ4n) is 1.79. The van der Waals surface area contributed by atoms with Gasteiger partial charge in [-0.05, 0) is 25.7 Å². The standard InChI is InChI=1S/C14H30N4O2/c1-6-8-16-13(15-5)17-10-12(9-11(3)4)18-14(19)20-7-2/h11-12H,6-10H2,1-5H3,(H,18,19)(H2,15,16,17). The minimum absolute atomic E-state index is 0.0224. The van der Waals surface area contributed by atoms with E-state index in [1.165, 1.54) is 0 Å². The van der Waals surface area contributed by atoms with Crippen molar-refractivity contribution < 1.29 is 9.53 Å². The molecule has 118 valence electrons. The summed E-state index contributed by atoms with van der Waals surface area (Å²) < 4.78 is 4.93. The molecule has 0 aliphatic heterocycles. The first-order valence-corrected chi connectivity index (χ1v) is 7.41. The third-order valence-corrected chi connectivity index (χ3v) is 2.64. The van der Waals surface area contributed by atoms with Gasteiger partial charge in [0.1, 0.15) is 0 Å². The molecule has 0 spiro atoms. The van der Waals surface area contributed by atoms with Crippen molar-refractivity contribution in [3.63, 3.8) is 0 Å². The summed E-state index contributed by atoms with van der Waals surface area (Å²) in [5.74, 6) is 1.25. The van der Waals surface area contributed by atoms with E-state index >= 15 is 0 Å². The van der Waals surface area contributed by atoms with Gasteiger partial charge in [0.25, 0.3) is 0 Å². The Morgan fingerprint density at radius 2 is 1.95 bits per heavy atom. The lowest BCUT2D eigenvalue weighted by Gasteiger charge is -2.22. The number of hydrogen-bond acceptors (Lipinski definition) is 3. The number of nitrogens with zero attached hydrogens (tertiary/aromatic N) is 1.